The molecule has 0 aromatic carbocycles. The van der Waals surface area contributed by atoms with E-state index in [2.05, 4.69) is 20.1 Å². The molecule has 1 unspecified atom stereocenters. The van der Waals surface area contributed by atoms with Gasteiger partial charge in [-0.05, 0) is 70.3 Å². The van der Waals surface area contributed by atoms with Gasteiger partial charge in [-0.3, -0.25) is 4.79 Å². The predicted molar refractivity (Wildman–Crippen MR) is 125 cm³/mol. The quantitative estimate of drug-likeness (QED) is 0.726. The number of carbonyl (C=O) groups excluding carboxylic acids is 1. The summed E-state index contributed by atoms with van der Waals surface area (Å²) < 4.78 is 5.84. The molecule has 1 amide bonds. The van der Waals surface area contributed by atoms with Gasteiger partial charge in [0.25, 0.3) is 0 Å². The van der Waals surface area contributed by atoms with Gasteiger partial charge in [0, 0.05) is 50.1 Å². The second kappa shape index (κ2) is 8.89. The molecule has 0 bridgehead atoms. The third-order valence-electron chi connectivity index (χ3n) is 7.87. The first-order chi connectivity index (χ1) is 15.6. The first kappa shape index (κ1) is 21.5. The molecule has 3 heterocycles. The topological polar surface area (TPSA) is 96.6 Å². The third-order valence-corrected chi connectivity index (χ3v) is 7.87. The number of carbonyl (C=O) groups is 1. The number of rotatable bonds is 5. The van der Waals surface area contributed by atoms with Crippen molar-refractivity contribution in [2.75, 3.05) is 30.4 Å². The Bertz CT molecular complexity index is 884. The molecule has 2 aliphatic carbocycles. The van der Waals surface area contributed by atoms with Gasteiger partial charge < -0.3 is 25.6 Å². The summed E-state index contributed by atoms with van der Waals surface area (Å²) in [6.07, 6.45) is 11.3. The van der Waals surface area contributed by atoms with Crippen LogP contribution in [0.5, 0.6) is 0 Å². The second-order valence-corrected chi connectivity index (χ2v) is 9.83. The Labute approximate surface area is 190 Å². The molecule has 0 spiro atoms. The van der Waals surface area contributed by atoms with Crippen molar-refractivity contribution in [3.63, 3.8) is 0 Å². The minimum Gasteiger partial charge on any atom is -0.398 e. The molecular formula is C24H36N6O2. The van der Waals surface area contributed by atoms with E-state index in [1.54, 1.807) is 7.11 Å². The van der Waals surface area contributed by atoms with Gasteiger partial charge in [-0.1, -0.05) is 0 Å². The molecule has 174 valence electrons. The summed E-state index contributed by atoms with van der Waals surface area (Å²) in [4.78, 5) is 26.6. The van der Waals surface area contributed by atoms with Crippen LogP contribution in [0, 0.1) is 5.92 Å². The van der Waals surface area contributed by atoms with E-state index in [1.807, 2.05) is 13.1 Å². The van der Waals surface area contributed by atoms with Crippen molar-refractivity contribution in [3.8, 4) is 0 Å². The monoisotopic (exact) mass is 440 g/mol. The highest BCUT2D eigenvalue weighted by Crippen LogP contribution is 2.40. The van der Waals surface area contributed by atoms with E-state index in [-0.39, 0.29) is 12.1 Å². The summed E-state index contributed by atoms with van der Waals surface area (Å²) in [5, 5.41) is 3.54. The van der Waals surface area contributed by atoms with Gasteiger partial charge >= 0.3 is 0 Å². The molecule has 2 saturated carbocycles. The summed E-state index contributed by atoms with van der Waals surface area (Å²) in [6, 6.07) is 0.723. The lowest BCUT2D eigenvalue weighted by Crippen LogP contribution is -2.51. The molecule has 8 heteroatoms. The summed E-state index contributed by atoms with van der Waals surface area (Å²) in [7, 11) is 1.74. The molecular weight excluding hydrogens is 404 g/mol. The number of nitrogens with one attached hydrogen (secondary N) is 1. The number of hydrogen-bond acceptors (Lipinski definition) is 7. The average molecular weight is 441 g/mol. The molecule has 1 aromatic heterocycles. The van der Waals surface area contributed by atoms with Crippen molar-refractivity contribution in [2.45, 2.75) is 83.0 Å². The fourth-order valence-electron chi connectivity index (χ4n) is 5.68. The van der Waals surface area contributed by atoms with E-state index in [1.165, 1.54) is 6.42 Å². The molecule has 2 aliphatic heterocycles. The molecule has 4 aliphatic rings. The lowest BCUT2D eigenvalue weighted by atomic mass is 9.85. The summed E-state index contributed by atoms with van der Waals surface area (Å²) >= 11 is 0. The second-order valence-electron chi connectivity index (χ2n) is 9.83. The Hall–Kier alpha value is -2.35. The van der Waals surface area contributed by atoms with Crippen molar-refractivity contribution in [2.24, 2.45) is 11.7 Å². The van der Waals surface area contributed by atoms with E-state index >= 15 is 0 Å². The normalized spacial score (nSPS) is 28.5. The van der Waals surface area contributed by atoms with Crippen LogP contribution in [0.1, 0.15) is 70.3 Å². The summed E-state index contributed by atoms with van der Waals surface area (Å²) in [6.45, 7) is 3.92. The fraction of sp³-hybridized carbons (Fsp3) is 0.708. The highest BCUT2D eigenvalue weighted by atomic mass is 16.5. The average Bonchev–Trinajstić information content (AvgIpc) is 3.31. The third kappa shape index (κ3) is 3.83. The highest BCUT2D eigenvalue weighted by molar-refractivity contribution is 5.80. The number of nitrogens with two attached hydrogens (primary N) is 1. The lowest BCUT2D eigenvalue weighted by molar-refractivity contribution is -0.135. The van der Waals surface area contributed by atoms with Crippen molar-refractivity contribution in [1.82, 2.24) is 14.9 Å². The number of anilines is 2. The molecule has 3 fully saturated rings. The maximum Gasteiger partial charge on any atom is 0.225 e. The number of likely N-dealkylation sites (tertiary alicyclic amines) is 1. The lowest BCUT2D eigenvalue weighted by Gasteiger charge is -2.46. The van der Waals surface area contributed by atoms with Gasteiger partial charge in [-0.15, -0.1) is 0 Å². The van der Waals surface area contributed by atoms with Crippen LogP contribution in [0.4, 0.5) is 11.8 Å². The standard InChI is InChI=1S/C24H36N6O2/c1-15-20(25)19-14-26-24(28-21(19)30(23(15)32-2)18-6-5-7-18)27-17-10-8-16(9-11-17)22(31)29-12-3-4-13-29/h14,16-18,23H,3-13,25H2,1-2H3,(H,26,27,28). The zero-order valence-corrected chi connectivity index (χ0v) is 19.3. The number of nitrogens with zero attached hydrogens (tertiary/aromatic N) is 4. The zero-order chi connectivity index (χ0) is 22.2. The smallest absolute Gasteiger partial charge is 0.225 e. The van der Waals surface area contributed by atoms with Crippen LogP contribution in [0.25, 0.3) is 5.70 Å². The van der Waals surface area contributed by atoms with E-state index in [0.717, 1.165) is 87.1 Å². The van der Waals surface area contributed by atoms with E-state index in [4.69, 9.17) is 15.5 Å². The Morgan fingerprint density at radius 1 is 1.12 bits per heavy atom. The maximum absolute atomic E-state index is 12.7. The number of ether oxygens (including phenoxy) is 1. The van der Waals surface area contributed by atoms with Crippen LogP contribution in [-0.2, 0) is 9.53 Å². The minimum absolute atomic E-state index is 0.178. The Balaban J connectivity index is 1.29. The van der Waals surface area contributed by atoms with Crippen molar-refractivity contribution in [1.29, 1.82) is 0 Å². The van der Waals surface area contributed by atoms with Crippen molar-refractivity contribution >= 4 is 23.4 Å². The number of fused-ring (bicyclic) bond motifs is 1. The number of aromatic nitrogens is 2. The van der Waals surface area contributed by atoms with Gasteiger partial charge in [0.15, 0.2) is 6.23 Å². The molecule has 5 rings (SSSR count). The van der Waals surface area contributed by atoms with Crippen molar-refractivity contribution in [3.05, 3.63) is 17.3 Å². The molecule has 1 atom stereocenters. The molecule has 32 heavy (non-hydrogen) atoms. The van der Waals surface area contributed by atoms with Crippen LogP contribution in [-0.4, -0.2) is 59.3 Å². The number of methoxy groups -OCH3 is 1. The minimum atomic E-state index is -0.178. The van der Waals surface area contributed by atoms with Gasteiger partial charge in [-0.2, -0.15) is 4.98 Å². The largest absolute Gasteiger partial charge is 0.398 e. The molecule has 1 saturated heterocycles. The zero-order valence-electron chi connectivity index (χ0n) is 19.3. The van der Waals surface area contributed by atoms with E-state index in [0.29, 0.717) is 23.9 Å². The van der Waals surface area contributed by atoms with Crippen LogP contribution >= 0.6 is 0 Å². The van der Waals surface area contributed by atoms with Crippen LogP contribution in [0.15, 0.2) is 11.8 Å². The first-order valence-electron chi connectivity index (χ1n) is 12.3. The molecule has 8 nitrogen and oxygen atoms in total. The van der Waals surface area contributed by atoms with Crippen LogP contribution in [0.2, 0.25) is 0 Å². The van der Waals surface area contributed by atoms with Gasteiger partial charge in [0.1, 0.15) is 5.82 Å². The Kier molecular flexibility index (Phi) is 5.97. The van der Waals surface area contributed by atoms with E-state index in [9.17, 15) is 4.79 Å². The number of hydrogen-bond donors (Lipinski definition) is 2. The Morgan fingerprint density at radius 2 is 1.84 bits per heavy atom. The maximum atomic E-state index is 12.7. The first-order valence-corrected chi connectivity index (χ1v) is 12.3. The van der Waals surface area contributed by atoms with Crippen LogP contribution < -0.4 is 16.0 Å². The molecule has 1 aromatic rings. The summed E-state index contributed by atoms with van der Waals surface area (Å²) in [5.41, 5.74) is 9.08. The van der Waals surface area contributed by atoms with Gasteiger partial charge in [0.2, 0.25) is 11.9 Å². The Morgan fingerprint density at radius 3 is 2.47 bits per heavy atom. The highest BCUT2D eigenvalue weighted by Gasteiger charge is 2.39. The summed E-state index contributed by atoms with van der Waals surface area (Å²) in [5.74, 6) is 2.06. The fourth-order valence-corrected chi connectivity index (χ4v) is 5.68. The van der Waals surface area contributed by atoms with E-state index < -0.39 is 0 Å². The molecule has 0 radical (unpaired) electrons. The number of amides is 1. The van der Waals surface area contributed by atoms with Gasteiger partial charge in [-0.25, -0.2) is 4.98 Å². The van der Waals surface area contributed by atoms with Crippen molar-refractivity contribution < 1.29 is 9.53 Å². The van der Waals surface area contributed by atoms with Gasteiger partial charge in [0.05, 0.1) is 5.56 Å². The predicted octanol–water partition coefficient (Wildman–Crippen LogP) is 3.10. The SMILES string of the molecule is COC1C(C)=C(N)c2cnc(NC3CCC(C(=O)N4CCCC4)CC3)nc2N1C1CCC1. The van der Waals surface area contributed by atoms with Crippen LogP contribution in [0.3, 0.4) is 0 Å². The molecule has 3 N–H and O–H groups in total.